The fourth-order valence-electron chi connectivity index (χ4n) is 3.56. The maximum atomic E-state index is 12.4. The number of carbonyl (C=O) groups is 1. The molecule has 2 N–H and O–H groups in total. The van der Waals surface area contributed by atoms with Crippen LogP contribution in [0.25, 0.3) is 0 Å². The van der Waals surface area contributed by atoms with Crippen LogP contribution in [0.15, 0.2) is 54.6 Å². The number of piperazine rings is 1. The number of nitrogens with one attached hydrogen (secondary N) is 1. The van der Waals surface area contributed by atoms with Crippen molar-refractivity contribution in [1.82, 2.24) is 10.4 Å². The first kappa shape index (κ1) is 19.4. The van der Waals surface area contributed by atoms with Gasteiger partial charge in [0.05, 0.1) is 12.5 Å². The Morgan fingerprint density at radius 2 is 1.78 bits per heavy atom. The largest absolute Gasteiger partial charge is 0.383 e. The molecule has 1 atom stereocenters. The average molecular weight is 369 g/mol. The van der Waals surface area contributed by atoms with E-state index in [0.717, 1.165) is 56.1 Å². The van der Waals surface area contributed by atoms with Crippen LogP contribution in [0.5, 0.6) is 0 Å². The van der Waals surface area contributed by atoms with E-state index < -0.39 is 11.8 Å². The summed E-state index contributed by atoms with van der Waals surface area (Å²) < 4.78 is 5.16. The third kappa shape index (κ3) is 4.86. The third-order valence-corrected chi connectivity index (χ3v) is 5.06. The van der Waals surface area contributed by atoms with E-state index in [9.17, 15) is 10.0 Å². The highest BCUT2D eigenvalue weighted by Crippen LogP contribution is 2.28. The summed E-state index contributed by atoms with van der Waals surface area (Å²) in [4.78, 5) is 17.1. The van der Waals surface area contributed by atoms with Crippen molar-refractivity contribution < 1.29 is 14.7 Å². The van der Waals surface area contributed by atoms with E-state index in [0.29, 0.717) is 0 Å². The number of hydrogen-bond acceptors (Lipinski definition) is 5. The fraction of sp³-hybridized carbons (Fsp3) is 0.381. The summed E-state index contributed by atoms with van der Waals surface area (Å²) >= 11 is 0. The Labute approximate surface area is 160 Å². The van der Waals surface area contributed by atoms with Crippen LogP contribution in [0.3, 0.4) is 0 Å². The lowest BCUT2D eigenvalue weighted by molar-refractivity contribution is -0.129. The van der Waals surface area contributed by atoms with Gasteiger partial charge >= 0.3 is 0 Å². The first-order valence-corrected chi connectivity index (χ1v) is 9.28. The summed E-state index contributed by atoms with van der Waals surface area (Å²) in [7, 11) is 1.73. The van der Waals surface area contributed by atoms with E-state index in [4.69, 9.17) is 4.74 Å². The summed E-state index contributed by atoms with van der Waals surface area (Å²) in [6.45, 7) is 5.58. The Bertz CT molecular complexity index is 730. The van der Waals surface area contributed by atoms with Crippen LogP contribution in [0.1, 0.15) is 17.0 Å². The number of benzene rings is 2. The number of hydroxylamine groups is 1. The Kier molecular flexibility index (Phi) is 6.81. The SMILES string of the molecule is COCCN1CCN(c2cccc(C(C(=O)NO)c3ccccc3)c2)CC1. The molecule has 1 unspecified atom stereocenters. The summed E-state index contributed by atoms with van der Waals surface area (Å²) in [6, 6.07) is 17.6. The number of carbonyl (C=O) groups excluding carboxylic acids is 1. The zero-order valence-electron chi connectivity index (χ0n) is 15.7. The topological polar surface area (TPSA) is 65.0 Å². The number of anilines is 1. The van der Waals surface area contributed by atoms with E-state index in [1.807, 2.05) is 47.9 Å². The molecule has 2 aromatic carbocycles. The lowest BCUT2D eigenvalue weighted by Crippen LogP contribution is -2.47. The summed E-state index contributed by atoms with van der Waals surface area (Å²) in [5, 5.41) is 9.22. The van der Waals surface area contributed by atoms with Crippen LogP contribution < -0.4 is 10.4 Å². The number of nitrogens with zero attached hydrogens (tertiary/aromatic N) is 2. The minimum absolute atomic E-state index is 0.428. The predicted octanol–water partition coefficient (Wildman–Crippen LogP) is 2.09. The Morgan fingerprint density at radius 1 is 1.07 bits per heavy atom. The van der Waals surface area contributed by atoms with Crippen molar-refractivity contribution in [1.29, 1.82) is 0 Å². The van der Waals surface area contributed by atoms with Gasteiger partial charge in [-0.3, -0.25) is 14.9 Å². The average Bonchev–Trinajstić information content (AvgIpc) is 2.73. The second-order valence-electron chi connectivity index (χ2n) is 6.74. The van der Waals surface area contributed by atoms with Gasteiger partial charge < -0.3 is 9.64 Å². The highest BCUT2D eigenvalue weighted by atomic mass is 16.5. The number of rotatable bonds is 7. The molecule has 1 amide bonds. The summed E-state index contributed by atoms with van der Waals surface area (Å²) in [5.74, 6) is -0.970. The molecule has 0 spiro atoms. The minimum atomic E-state index is -0.542. The van der Waals surface area contributed by atoms with E-state index in [1.54, 1.807) is 7.11 Å². The lowest BCUT2D eigenvalue weighted by atomic mass is 9.90. The lowest BCUT2D eigenvalue weighted by Gasteiger charge is -2.36. The molecule has 144 valence electrons. The monoisotopic (exact) mass is 369 g/mol. The molecule has 0 aliphatic carbocycles. The van der Waals surface area contributed by atoms with Crippen molar-refractivity contribution in [2.75, 3.05) is 51.3 Å². The molecule has 1 heterocycles. The van der Waals surface area contributed by atoms with E-state index >= 15 is 0 Å². The van der Waals surface area contributed by atoms with Crippen LogP contribution >= 0.6 is 0 Å². The number of amides is 1. The Balaban J connectivity index is 1.77. The molecule has 1 aliphatic heterocycles. The molecule has 0 radical (unpaired) electrons. The van der Waals surface area contributed by atoms with Gasteiger partial charge in [0.1, 0.15) is 0 Å². The molecule has 0 bridgehead atoms. The van der Waals surface area contributed by atoms with Crippen LogP contribution in [0.2, 0.25) is 0 Å². The normalized spacial score (nSPS) is 16.1. The number of hydrogen-bond donors (Lipinski definition) is 2. The van der Waals surface area contributed by atoms with Crippen LogP contribution in [-0.4, -0.2) is 62.5 Å². The van der Waals surface area contributed by atoms with Crippen molar-refractivity contribution in [2.24, 2.45) is 0 Å². The quantitative estimate of drug-likeness (QED) is 0.578. The van der Waals surface area contributed by atoms with Crippen molar-refractivity contribution >= 4 is 11.6 Å². The molecular formula is C21H27N3O3. The zero-order valence-corrected chi connectivity index (χ0v) is 15.7. The number of methoxy groups -OCH3 is 1. The van der Waals surface area contributed by atoms with Gasteiger partial charge in [0.25, 0.3) is 5.91 Å². The zero-order chi connectivity index (χ0) is 19.1. The van der Waals surface area contributed by atoms with E-state index in [1.165, 1.54) is 0 Å². The second kappa shape index (κ2) is 9.50. The number of ether oxygens (including phenoxy) is 1. The van der Waals surface area contributed by atoms with Gasteiger partial charge in [-0.05, 0) is 23.3 Å². The fourth-order valence-corrected chi connectivity index (χ4v) is 3.56. The van der Waals surface area contributed by atoms with Crippen molar-refractivity contribution in [3.8, 4) is 0 Å². The van der Waals surface area contributed by atoms with Crippen molar-refractivity contribution in [3.63, 3.8) is 0 Å². The Hall–Kier alpha value is -2.41. The molecule has 0 saturated carbocycles. The van der Waals surface area contributed by atoms with Gasteiger partial charge in [0, 0.05) is 45.5 Å². The van der Waals surface area contributed by atoms with Crippen LogP contribution in [-0.2, 0) is 9.53 Å². The molecule has 1 saturated heterocycles. The predicted molar refractivity (Wildman–Crippen MR) is 105 cm³/mol. The molecule has 2 aromatic rings. The van der Waals surface area contributed by atoms with Crippen LogP contribution in [0.4, 0.5) is 5.69 Å². The van der Waals surface area contributed by atoms with Crippen molar-refractivity contribution in [2.45, 2.75) is 5.92 Å². The smallest absolute Gasteiger partial charge is 0.255 e. The highest BCUT2D eigenvalue weighted by molar-refractivity contribution is 5.86. The standard InChI is InChI=1S/C21H27N3O3/c1-27-15-14-23-10-12-24(13-11-23)19-9-5-8-18(16-19)20(21(25)22-26)17-6-3-2-4-7-17/h2-9,16,20,26H,10-15H2,1H3,(H,22,25). The van der Waals surface area contributed by atoms with E-state index in [2.05, 4.69) is 21.9 Å². The first-order chi connectivity index (χ1) is 13.2. The molecule has 6 heteroatoms. The van der Waals surface area contributed by atoms with Gasteiger partial charge in [-0.2, -0.15) is 0 Å². The highest BCUT2D eigenvalue weighted by Gasteiger charge is 2.24. The van der Waals surface area contributed by atoms with Gasteiger partial charge in [-0.1, -0.05) is 42.5 Å². The second-order valence-corrected chi connectivity index (χ2v) is 6.74. The molecule has 0 aromatic heterocycles. The third-order valence-electron chi connectivity index (χ3n) is 5.06. The maximum Gasteiger partial charge on any atom is 0.255 e. The summed E-state index contributed by atoms with van der Waals surface area (Å²) in [5.41, 5.74) is 4.64. The van der Waals surface area contributed by atoms with Crippen molar-refractivity contribution in [3.05, 3.63) is 65.7 Å². The van der Waals surface area contributed by atoms with Gasteiger partial charge in [0.15, 0.2) is 0 Å². The molecule has 27 heavy (non-hydrogen) atoms. The first-order valence-electron chi connectivity index (χ1n) is 9.28. The molecule has 6 nitrogen and oxygen atoms in total. The van der Waals surface area contributed by atoms with Crippen LogP contribution in [0, 0.1) is 0 Å². The molecule has 1 fully saturated rings. The summed E-state index contributed by atoms with van der Waals surface area (Å²) in [6.07, 6.45) is 0. The molecule has 3 rings (SSSR count). The Morgan fingerprint density at radius 3 is 2.44 bits per heavy atom. The van der Waals surface area contributed by atoms with E-state index in [-0.39, 0.29) is 0 Å². The molecular weight excluding hydrogens is 342 g/mol. The van der Waals surface area contributed by atoms with Gasteiger partial charge in [-0.15, -0.1) is 0 Å². The van der Waals surface area contributed by atoms with Gasteiger partial charge in [-0.25, -0.2) is 5.48 Å². The molecule has 1 aliphatic rings. The minimum Gasteiger partial charge on any atom is -0.383 e. The van der Waals surface area contributed by atoms with Gasteiger partial charge in [0.2, 0.25) is 0 Å². The maximum absolute atomic E-state index is 12.4.